The zero-order valence-electron chi connectivity index (χ0n) is 12.2. The number of nitrogens with one attached hydrogen (secondary N) is 1. The first-order valence-electron chi connectivity index (χ1n) is 6.85. The summed E-state index contributed by atoms with van der Waals surface area (Å²) in [5.41, 5.74) is 0.869. The van der Waals surface area contributed by atoms with Crippen LogP contribution in [0.4, 0.5) is 0 Å². The van der Waals surface area contributed by atoms with Gasteiger partial charge in [-0.05, 0) is 26.2 Å². The molecule has 2 heterocycles. The highest BCUT2D eigenvalue weighted by atomic mass is 32.1. The predicted molar refractivity (Wildman–Crippen MR) is 79.8 cm³/mol. The first-order valence-corrected chi connectivity index (χ1v) is 7.73. The minimum Gasteiger partial charge on any atom is -0.476 e. The van der Waals surface area contributed by atoms with Crippen molar-refractivity contribution in [2.24, 2.45) is 0 Å². The molecule has 8 nitrogen and oxygen atoms in total. The number of hydrogen-bond donors (Lipinski definition) is 2. The van der Waals surface area contributed by atoms with Crippen molar-refractivity contribution in [2.75, 3.05) is 6.54 Å². The second kappa shape index (κ2) is 7.64. The summed E-state index contributed by atoms with van der Waals surface area (Å²) in [4.78, 5) is 26.7. The highest BCUT2D eigenvalue weighted by Gasteiger charge is 2.10. The monoisotopic (exact) mass is 323 g/mol. The second-order valence-electron chi connectivity index (χ2n) is 4.80. The zero-order chi connectivity index (χ0) is 15.9. The smallest absolute Gasteiger partial charge is 0.358 e. The van der Waals surface area contributed by atoms with E-state index in [0.29, 0.717) is 6.54 Å². The van der Waals surface area contributed by atoms with Crippen LogP contribution in [0.25, 0.3) is 0 Å². The number of carbonyl (C=O) groups is 2. The molecule has 2 N–H and O–H groups in total. The minimum absolute atomic E-state index is 0.0358. The molecule has 0 atom stereocenters. The highest BCUT2D eigenvalue weighted by molar-refractivity contribution is 7.09. The normalized spacial score (nSPS) is 10.6. The maximum absolute atomic E-state index is 11.7. The number of thiazole rings is 1. The van der Waals surface area contributed by atoms with Crippen LogP contribution in [-0.2, 0) is 17.8 Å². The zero-order valence-corrected chi connectivity index (χ0v) is 13.0. The minimum atomic E-state index is -1.16. The fourth-order valence-electron chi connectivity index (χ4n) is 1.82. The third-order valence-electron chi connectivity index (χ3n) is 2.87. The fourth-order valence-corrected chi connectivity index (χ4v) is 2.64. The lowest BCUT2D eigenvalue weighted by Crippen LogP contribution is -2.28. The van der Waals surface area contributed by atoms with Crippen LogP contribution in [0.1, 0.15) is 34.0 Å². The number of hydrogen-bond acceptors (Lipinski definition) is 6. The molecule has 118 valence electrons. The number of nitrogens with zero attached hydrogens (tertiary/aromatic N) is 4. The molecule has 0 radical (unpaired) electrons. The van der Waals surface area contributed by atoms with Crippen molar-refractivity contribution < 1.29 is 14.7 Å². The van der Waals surface area contributed by atoms with E-state index < -0.39 is 5.97 Å². The Morgan fingerprint density at radius 3 is 2.86 bits per heavy atom. The molecule has 0 saturated heterocycles. The van der Waals surface area contributed by atoms with Crippen molar-refractivity contribution in [3.8, 4) is 0 Å². The van der Waals surface area contributed by atoms with E-state index in [1.165, 1.54) is 10.9 Å². The van der Waals surface area contributed by atoms with Crippen LogP contribution in [-0.4, -0.2) is 43.5 Å². The van der Waals surface area contributed by atoms with E-state index in [-0.39, 0.29) is 18.1 Å². The summed E-state index contributed by atoms with van der Waals surface area (Å²) in [7, 11) is 0. The largest absolute Gasteiger partial charge is 0.476 e. The number of unbranched alkanes of at least 4 members (excludes halogenated alkanes) is 1. The molecule has 2 rings (SSSR count). The standard InChI is InChI=1S/C13H17N5O3S/c1-9-8-22-12(15-9)4-2-3-5-14-11(19)7-18-6-10(13(20)21)16-17-18/h6,8H,2-5,7H2,1H3,(H,14,19)(H,20,21). The van der Waals surface area contributed by atoms with Gasteiger partial charge in [0.15, 0.2) is 5.69 Å². The van der Waals surface area contributed by atoms with Crippen molar-refractivity contribution in [3.05, 3.63) is 28.0 Å². The molecular weight excluding hydrogens is 306 g/mol. The quantitative estimate of drug-likeness (QED) is 0.698. The van der Waals surface area contributed by atoms with Crippen molar-refractivity contribution >= 4 is 23.2 Å². The average molecular weight is 323 g/mol. The van der Waals surface area contributed by atoms with Gasteiger partial charge in [0.1, 0.15) is 6.54 Å². The van der Waals surface area contributed by atoms with Gasteiger partial charge in [-0.2, -0.15) is 0 Å². The van der Waals surface area contributed by atoms with Gasteiger partial charge >= 0.3 is 5.97 Å². The number of rotatable bonds is 8. The summed E-state index contributed by atoms with van der Waals surface area (Å²) < 4.78 is 1.21. The molecule has 22 heavy (non-hydrogen) atoms. The molecule has 0 aromatic carbocycles. The van der Waals surface area contributed by atoms with E-state index in [9.17, 15) is 9.59 Å². The first-order chi connectivity index (χ1) is 10.5. The lowest BCUT2D eigenvalue weighted by atomic mass is 10.2. The number of carboxylic acids is 1. The van der Waals surface area contributed by atoms with Gasteiger partial charge in [0.2, 0.25) is 5.91 Å². The summed E-state index contributed by atoms with van der Waals surface area (Å²) in [6.45, 7) is 2.51. The first kappa shape index (κ1) is 16.1. The molecule has 0 bridgehead atoms. The van der Waals surface area contributed by atoms with E-state index in [1.54, 1.807) is 11.3 Å². The molecule has 0 unspecified atom stereocenters. The van der Waals surface area contributed by atoms with E-state index in [2.05, 4.69) is 20.6 Å². The van der Waals surface area contributed by atoms with Crippen LogP contribution in [0.15, 0.2) is 11.6 Å². The molecule has 0 aliphatic carbocycles. The van der Waals surface area contributed by atoms with Gasteiger partial charge in [0.25, 0.3) is 0 Å². The van der Waals surface area contributed by atoms with Crippen molar-refractivity contribution in [3.63, 3.8) is 0 Å². The van der Waals surface area contributed by atoms with E-state index in [1.807, 2.05) is 12.3 Å². The SMILES string of the molecule is Cc1csc(CCCCNC(=O)Cn2cc(C(=O)O)nn2)n1. The second-order valence-corrected chi connectivity index (χ2v) is 5.74. The maximum Gasteiger partial charge on any atom is 0.358 e. The molecular formula is C13H17N5O3S. The van der Waals surface area contributed by atoms with E-state index in [0.717, 1.165) is 30.0 Å². The topological polar surface area (TPSA) is 110 Å². The molecule has 2 aromatic rings. The Bertz CT molecular complexity index is 652. The van der Waals surface area contributed by atoms with E-state index in [4.69, 9.17) is 5.11 Å². The lowest BCUT2D eigenvalue weighted by Gasteiger charge is -2.04. The van der Waals surface area contributed by atoms with Crippen LogP contribution >= 0.6 is 11.3 Å². The van der Waals surface area contributed by atoms with Crippen LogP contribution in [0, 0.1) is 6.92 Å². The van der Waals surface area contributed by atoms with Gasteiger partial charge in [0, 0.05) is 17.6 Å². The van der Waals surface area contributed by atoms with Gasteiger partial charge in [-0.3, -0.25) is 4.79 Å². The Labute approximate surface area is 131 Å². The molecule has 1 amide bonds. The summed E-state index contributed by atoms with van der Waals surface area (Å²) in [6.07, 6.45) is 3.97. The molecule has 0 saturated carbocycles. The van der Waals surface area contributed by atoms with Crippen LogP contribution in [0.2, 0.25) is 0 Å². The Hall–Kier alpha value is -2.29. The molecule has 9 heteroatoms. The number of carbonyl (C=O) groups excluding carboxylic acids is 1. The number of carboxylic acid groups (broad SMARTS) is 1. The Kier molecular flexibility index (Phi) is 5.59. The summed E-state index contributed by atoms with van der Waals surface area (Å²) >= 11 is 1.66. The molecule has 2 aromatic heterocycles. The lowest BCUT2D eigenvalue weighted by molar-refractivity contribution is -0.121. The number of aryl methyl sites for hydroxylation is 2. The Morgan fingerprint density at radius 2 is 2.23 bits per heavy atom. The van der Waals surface area contributed by atoms with Crippen molar-refractivity contribution in [1.29, 1.82) is 0 Å². The van der Waals surface area contributed by atoms with Gasteiger partial charge in [0.05, 0.1) is 11.2 Å². The third kappa shape index (κ3) is 4.92. The Morgan fingerprint density at radius 1 is 1.41 bits per heavy atom. The predicted octanol–water partition coefficient (Wildman–Crippen LogP) is 0.880. The van der Waals surface area contributed by atoms with Crippen LogP contribution in [0.3, 0.4) is 0 Å². The van der Waals surface area contributed by atoms with E-state index >= 15 is 0 Å². The van der Waals surface area contributed by atoms with Gasteiger partial charge in [-0.15, -0.1) is 16.4 Å². The summed E-state index contributed by atoms with van der Waals surface area (Å²) in [5.74, 6) is -1.38. The maximum atomic E-state index is 11.7. The molecule has 0 fully saturated rings. The van der Waals surface area contributed by atoms with Gasteiger partial charge in [-0.25, -0.2) is 14.5 Å². The fraction of sp³-hybridized carbons (Fsp3) is 0.462. The molecule has 0 aliphatic heterocycles. The molecule has 0 aliphatic rings. The van der Waals surface area contributed by atoms with Crippen molar-refractivity contribution in [2.45, 2.75) is 32.7 Å². The summed E-state index contributed by atoms with van der Waals surface area (Å²) in [5, 5.41) is 21.6. The van der Waals surface area contributed by atoms with Gasteiger partial charge in [-0.1, -0.05) is 5.21 Å². The van der Waals surface area contributed by atoms with Crippen molar-refractivity contribution in [1.82, 2.24) is 25.3 Å². The molecule has 0 spiro atoms. The number of aromatic nitrogens is 4. The van der Waals surface area contributed by atoms with Gasteiger partial charge < -0.3 is 10.4 Å². The number of aromatic carboxylic acids is 1. The van der Waals surface area contributed by atoms with Crippen LogP contribution in [0.5, 0.6) is 0 Å². The summed E-state index contributed by atoms with van der Waals surface area (Å²) in [6, 6.07) is 0. The highest BCUT2D eigenvalue weighted by Crippen LogP contribution is 2.11. The average Bonchev–Trinajstić information content (AvgIpc) is 3.08. The Balaban J connectivity index is 1.62. The third-order valence-corrected chi connectivity index (χ3v) is 3.90. The number of amides is 1. The van der Waals surface area contributed by atoms with Crippen LogP contribution < -0.4 is 5.32 Å².